The number of pyridine rings is 1. The number of para-hydroxylation sites is 1. The normalized spacial score (nSPS) is 14.0. The lowest BCUT2D eigenvalue weighted by molar-refractivity contribution is 0.102. The Labute approximate surface area is 166 Å². The van der Waals surface area contributed by atoms with Crippen molar-refractivity contribution in [3.05, 3.63) is 72.2 Å². The van der Waals surface area contributed by atoms with Gasteiger partial charge in [-0.25, -0.2) is 23.7 Å². The number of benzene rings is 1. The molecule has 1 fully saturated rings. The van der Waals surface area contributed by atoms with Gasteiger partial charge in [0.25, 0.3) is 5.91 Å². The second-order valence-corrected chi connectivity index (χ2v) is 6.48. The second kappa shape index (κ2) is 8.17. The van der Waals surface area contributed by atoms with Crippen molar-refractivity contribution >= 4 is 23.4 Å². The molecule has 0 bridgehead atoms. The van der Waals surface area contributed by atoms with Crippen molar-refractivity contribution in [3.63, 3.8) is 0 Å². The molecule has 1 aliphatic heterocycles. The van der Waals surface area contributed by atoms with E-state index >= 15 is 0 Å². The Morgan fingerprint density at radius 1 is 0.862 bits per heavy atom. The SMILES string of the molecule is O=C(Nc1c(F)cccc1F)c1ccc(N2CCN(c3ncccn3)CC2)nc1. The molecule has 1 saturated heterocycles. The number of nitrogens with one attached hydrogen (secondary N) is 1. The molecule has 7 nitrogen and oxygen atoms in total. The molecule has 3 heterocycles. The molecule has 29 heavy (non-hydrogen) atoms. The maximum Gasteiger partial charge on any atom is 0.257 e. The highest BCUT2D eigenvalue weighted by molar-refractivity contribution is 6.04. The minimum absolute atomic E-state index is 0.215. The summed E-state index contributed by atoms with van der Waals surface area (Å²) in [5, 5.41) is 2.25. The summed E-state index contributed by atoms with van der Waals surface area (Å²) >= 11 is 0. The zero-order valence-electron chi connectivity index (χ0n) is 15.4. The van der Waals surface area contributed by atoms with Crippen LogP contribution in [0.25, 0.3) is 0 Å². The van der Waals surface area contributed by atoms with Crippen LogP contribution in [0, 0.1) is 11.6 Å². The average Bonchev–Trinajstić information content (AvgIpc) is 2.77. The molecule has 1 aromatic carbocycles. The first-order chi connectivity index (χ1) is 14.1. The van der Waals surface area contributed by atoms with Gasteiger partial charge in [0.2, 0.25) is 5.95 Å². The first-order valence-electron chi connectivity index (χ1n) is 9.10. The molecule has 1 amide bonds. The third-order valence-corrected chi connectivity index (χ3v) is 4.65. The molecule has 0 spiro atoms. The lowest BCUT2D eigenvalue weighted by Crippen LogP contribution is -2.47. The number of aromatic nitrogens is 3. The highest BCUT2D eigenvalue weighted by Crippen LogP contribution is 2.20. The number of carbonyl (C=O) groups excluding carboxylic acids is 1. The summed E-state index contributed by atoms with van der Waals surface area (Å²) in [5.74, 6) is -0.856. The number of halogens is 2. The van der Waals surface area contributed by atoms with Crippen LogP contribution in [0.2, 0.25) is 0 Å². The Hall–Kier alpha value is -3.62. The Bertz CT molecular complexity index is 971. The number of anilines is 3. The fourth-order valence-electron chi connectivity index (χ4n) is 3.10. The molecular formula is C20H18F2N6O. The van der Waals surface area contributed by atoms with Gasteiger partial charge >= 0.3 is 0 Å². The van der Waals surface area contributed by atoms with Crippen LogP contribution in [-0.2, 0) is 0 Å². The van der Waals surface area contributed by atoms with E-state index in [1.807, 2.05) is 0 Å². The molecule has 1 N–H and O–H groups in total. The number of piperazine rings is 1. The minimum Gasteiger partial charge on any atom is -0.353 e. The van der Waals surface area contributed by atoms with Crippen molar-refractivity contribution in [2.75, 3.05) is 41.3 Å². The highest BCUT2D eigenvalue weighted by Gasteiger charge is 2.20. The maximum atomic E-state index is 13.7. The smallest absolute Gasteiger partial charge is 0.257 e. The van der Waals surface area contributed by atoms with Gasteiger partial charge in [0, 0.05) is 44.8 Å². The molecule has 148 valence electrons. The van der Waals surface area contributed by atoms with Crippen LogP contribution in [0.3, 0.4) is 0 Å². The molecule has 0 saturated carbocycles. The van der Waals surface area contributed by atoms with Gasteiger partial charge in [-0.2, -0.15) is 0 Å². The number of hydrogen-bond acceptors (Lipinski definition) is 6. The fourth-order valence-corrected chi connectivity index (χ4v) is 3.10. The van der Waals surface area contributed by atoms with Crippen LogP contribution in [-0.4, -0.2) is 47.0 Å². The molecular weight excluding hydrogens is 378 g/mol. The molecule has 2 aromatic heterocycles. The molecule has 1 aliphatic rings. The van der Waals surface area contributed by atoms with E-state index in [0.717, 1.165) is 44.1 Å². The number of amides is 1. The maximum absolute atomic E-state index is 13.7. The van der Waals surface area contributed by atoms with Crippen molar-refractivity contribution < 1.29 is 13.6 Å². The van der Waals surface area contributed by atoms with E-state index in [2.05, 4.69) is 30.1 Å². The van der Waals surface area contributed by atoms with Crippen molar-refractivity contribution in [1.29, 1.82) is 0 Å². The summed E-state index contributed by atoms with van der Waals surface area (Å²) in [5.41, 5.74) is -0.256. The lowest BCUT2D eigenvalue weighted by atomic mass is 10.2. The molecule has 0 unspecified atom stereocenters. The quantitative estimate of drug-likeness (QED) is 0.731. The monoisotopic (exact) mass is 396 g/mol. The van der Waals surface area contributed by atoms with Crippen LogP contribution in [0.1, 0.15) is 10.4 Å². The van der Waals surface area contributed by atoms with Gasteiger partial charge in [0.15, 0.2) is 0 Å². The summed E-state index contributed by atoms with van der Waals surface area (Å²) in [7, 11) is 0. The molecule has 9 heteroatoms. The molecule has 0 aliphatic carbocycles. The zero-order valence-corrected chi connectivity index (χ0v) is 15.4. The van der Waals surface area contributed by atoms with E-state index in [1.54, 1.807) is 30.6 Å². The first kappa shape index (κ1) is 18.7. The number of rotatable bonds is 4. The van der Waals surface area contributed by atoms with Crippen molar-refractivity contribution in [2.45, 2.75) is 0 Å². The third kappa shape index (κ3) is 4.13. The predicted octanol–water partition coefficient (Wildman–Crippen LogP) is 2.73. The fraction of sp³-hybridized carbons (Fsp3) is 0.200. The van der Waals surface area contributed by atoms with E-state index in [9.17, 15) is 13.6 Å². The van der Waals surface area contributed by atoms with Gasteiger partial charge in [0.05, 0.1) is 5.56 Å². The van der Waals surface area contributed by atoms with Crippen molar-refractivity contribution in [3.8, 4) is 0 Å². The van der Waals surface area contributed by atoms with E-state index in [0.29, 0.717) is 5.95 Å². The van der Waals surface area contributed by atoms with Gasteiger partial charge in [0.1, 0.15) is 23.1 Å². The Balaban J connectivity index is 1.39. The van der Waals surface area contributed by atoms with E-state index < -0.39 is 23.2 Å². The second-order valence-electron chi connectivity index (χ2n) is 6.48. The van der Waals surface area contributed by atoms with Gasteiger partial charge in [-0.3, -0.25) is 4.79 Å². The summed E-state index contributed by atoms with van der Waals surface area (Å²) < 4.78 is 27.4. The molecule has 0 radical (unpaired) electrons. The van der Waals surface area contributed by atoms with Crippen LogP contribution in [0.5, 0.6) is 0 Å². The zero-order chi connectivity index (χ0) is 20.2. The van der Waals surface area contributed by atoms with E-state index in [4.69, 9.17) is 0 Å². The molecule has 4 rings (SSSR count). The van der Waals surface area contributed by atoms with E-state index in [1.165, 1.54) is 12.3 Å². The molecule has 3 aromatic rings. The summed E-state index contributed by atoms with van der Waals surface area (Å²) in [6.45, 7) is 2.97. The molecule has 0 atom stereocenters. The Morgan fingerprint density at radius 3 is 2.14 bits per heavy atom. The third-order valence-electron chi connectivity index (χ3n) is 4.65. The van der Waals surface area contributed by atoms with Gasteiger partial charge in [-0.05, 0) is 30.3 Å². The van der Waals surface area contributed by atoms with Gasteiger partial charge in [-0.1, -0.05) is 6.07 Å². The lowest BCUT2D eigenvalue weighted by Gasteiger charge is -2.35. The van der Waals surface area contributed by atoms with Crippen LogP contribution in [0.15, 0.2) is 55.0 Å². The largest absolute Gasteiger partial charge is 0.353 e. The highest BCUT2D eigenvalue weighted by atomic mass is 19.1. The van der Waals surface area contributed by atoms with Gasteiger partial charge < -0.3 is 15.1 Å². The number of carbonyl (C=O) groups is 1. The Kier molecular flexibility index (Phi) is 5.28. The van der Waals surface area contributed by atoms with Crippen LogP contribution < -0.4 is 15.1 Å². The number of hydrogen-bond donors (Lipinski definition) is 1. The Morgan fingerprint density at radius 2 is 1.52 bits per heavy atom. The predicted molar refractivity (Wildman–Crippen MR) is 105 cm³/mol. The average molecular weight is 396 g/mol. The van der Waals surface area contributed by atoms with Crippen molar-refractivity contribution in [1.82, 2.24) is 15.0 Å². The first-order valence-corrected chi connectivity index (χ1v) is 9.10. The number of nitrogens with zero attached hydrogens (tertiary/aromatic N) is 5. The van der Waals surface area contributed by atoms with Crippen LogP contribution in [0.4, 0.5) is 26.2 Å². The summed E-state index contributed by atoms with van der Waals surface area (Å²) in [6, 6.07) is 8.49. The minimum atomic E-state index is -0.830. The van der Waals surface area contributed by atoms with Crippen molar-refractivity contribution in [2.24, 2.45) is 0 Å². The van der Waals surface area contributed by atoms with E-state index in [-0.39, 0.29) is 5.56 Å². The summed E-state index contributed by atoms with van der Waals surface area (Å²) in [4.78, 5) is 29.3. The summed E-state index contributed by atoms with van der Waals surface area (Å²) in [6.07, 6.45) is 4.83. The van der Waals surface area contributed by atoms with Gasteiger partial charge in [-0.15, -0.1) is 0 Å². The topological polar surface area (TPSA) is 74.2 Å². The standard InChI is InChI=1S/C20H18F2N6O/c21-15-3-1-4-16(22)18(15)26-19(29)14-5-6-17(25-13-14)27-9-11-28(12-10-27)20-23-7-2-8-24-20/h1-8,13H,9-12H2,(H,26,29). The van der Waals surface area contributed by atoms with Crippen LogP contribution >= 0.6 is 0 Å².